The van der Waals surface area contributed by atoms with Gasteiger partial charge < -0.3 is 15.4 Å². The molecule has 0 radical (unpaired) electrons. The number of carbonyl (C=O) groups is 2. The summed E-state index contributed by atoms with van der Waals surface area (Å²) in [4.78, 5) is 24.1. The number of hydrogen-bond donors (Lipinski definition) is 2. The standard InChI is InChI=1S/C20H18ClN3O3/c1-27-20(26)17-7-2-3-8-18(17)24-19(25)15(12-22)13-23-10-9-14-5-4-6-16(21)11-14/h2-8,11,13,23H,9-10H2,1H3,(H,24,25)/b15-13-. The van der Waals surface area contributed by atoms with Crippen LogP contribution in [0.25, 0.3) is 0 Å². The second-order valence-electron chi connectivity index (χ2n) is 5.50. The summed E-state index contributed by atoms with van der Waals surface area (Å²) in [5, 5.41) is 15.4. The molecule has 0 spiro atoms. The van der Waals surface area contributed by atoms with Crippen LogP contribution < -0.4 is 10.6 Å². The average Bonchev–Trinajstić information content (AvgIpc) is 2.68. The first-order valence-corrected chi connectivity index (χ1v) is 8.49. The van der Waals surface area contributed by atoms with E-state index in [9.17, 15) is 14.9 Å². The van der Waals surface area contributed by atoms with E-state index < -0.39 is 11.9 Å². The summed E-state index contributed by atoms with van der Waals surface area (Å²) in [5.74, 6) is -1.20. The van der Waals surface area contributed by atoms with Gasteiger partial charge in [0.1, 0.15) is 11.6 Å². The molecular formula is C20H18ClN3O3. The lowest BCUT2D eigenvalue weighted by atomic mass is 10.1. The van der Waals surface area contributed by atoms with E-state index in [-0.39, 0.29) is 16.8 Å². The van der Waals surface area contributed by atoms with Gasteiger partial charge in [0, 0.05) is 17.8 Å². The Balaban J connectivity index is 1.98. The van der Waals surface area contributed by atoms with Crippen LogP contribution in [-0.4, -0.2) is 25.5 Å². The van der Waals surface area contributed by atoms with Crippen LogP contribution in [-0.2, 0) is 16.0 Å². The van der Waals surface area contributed by atoms with Gasteiger partial charge >= 0.3 is 5.97 Å². The summed E-state index contributed by atoms with van der Waals surface area (Å²) in [6, 6.07) is 15.7. The number of rotatable bonds is 7. The third-order valence-electron chi connectivity index (χ3n) is 3.64. The Labute approximate surface area is 162 Å². The molecule has 6 nitrogen and oxygen atoms in total. The molecule has 138 valence electrons. The fourth-order valence-corrected chi connectivity index (χ4v) is 2.51. The quantitative estimate of drug-likeness (QED) is 0.331. The van der Waals surface area contributed by atoms with E-state index in [0.29, 0.717) is 18.0 Å². The zero-order valence-electron chi connectivity index (χ0n) is 14.7. The van der Waals surface area contributed by atoms with E-state index in [1.807, 2.05) is 24.3 Å². The van der Waals surface area contributed by atoms with Gasteiger partial charge in [0.15, 0.2) is 0 Å². The lowest BCUT2D eigenvalue weighted by Gasteiger charge is -2.09. The van der Waals surface area contributed by atoms with Gasteiger partial charge in [-0.3, -0.25) is 4.79 Å². The summed E-state index contributed by atoms with van der Waals surface area (Å²) in [6.45, 7) is 0.525. The Morgan fingerprint density at radius 2 is 2.00 bits per heavy atom. The van der Waals surface area contributed by atoms with Crippen LogP contribution in [0.5, 0.6) is 0 Å². The van der Waals surface area contributed by atoms with Crippen molar-refractivity contribution in [2.75, 3.05) is 19.0 Å². The van der Waals surface area contributed by atoms with Crippen molar-refractivity contribution in [1.29, 1.82) is 5.26 Å². The molecule has 0 heterocycles. The van der Waals surface area contributed by atoms with Gasteiger partial charge in [0.05, 0.1) is 18.4 Å². The van der Waals surface area contributed by atoms with Gasteiger partial charge in [-0.15, -0.1) is 0 Å². The van der Waals surface area contributed by atoms with Gasteiger partial charge in [-0.05, 0) is 36.2 Å². The highest BCUT2D eigenvalue weighted by Gasteiger charge is 2.15. The van der Waals surface area contributed by atoms with E-state index in [1.54, 1.807) is 24.3 Å². The summed E-state index contributed by atoms with van der Waals surface area (Å²) >= 11 is 5.93. The maximum atomic E-state index is 12.3. The first-order chi connectivity index (χ1) is 13.0. The molecule has 2 aromatic rings. The summed E-state index contributed by atoms with van der Waals surface area (Å²) in [7, 11) is 1.26. The fraction of sp³-hybridized carbons (Fsp3) is 0.150. The summed E-state index contributed by atoms with van der Waals surface area (Å²) in [5.41, 5.74) is 1.41. The van der Waals surface area contributed by atoms with Crippen molar-refractivity contribution in [1.82, 2.24) is 5.32 Å². The van der Waals surface area contributed by atoms with Gasteiger partial charge in [-0.1, -0.05) is 35.9 Å². The van der Waals surface area contributed by atoms with Crippen molar-refractivity contribution in [3.8, 4) is 6.07 Å². The average molecular weight is 384 g/mol. The second kappa shape index (κ2) is 10.00. The molecule has 0 fully saturated rings. The maximum Gasteiger partial charge on any atom is 0.339 e. The molecule has 0 aliphatic carbocycles. The van der Waals surface area contributed by atoms with Crippen LogP contribution in [0.3, 0.4) is 0 Å². The smallest absolute Gasteiger partial charge is 0.339 e. The van der Waals surface area contributed by atoms with Crippen molar-refractivity contribution in [2.24, 2.45) is 0 Å². The second-order valence-corrected chi connectivity index (χ2v) is 5.93. The monoisotopic (exact) mass is 383 g/mol. The number of amides is 1. The molecule has 0 aliphatic rings. The van der Waals surface area contributed by atoms with Crippen molar-refractivity contribution in [3.63, 3.8) is 0 Å². The van der Waals surface area contributed by atoms with Gasteiger partial charge in [-0.2, -0.15) is 5.26 Å². The molecule has 27 heavy (non-hydrogen) atoms. The largest absolute Gasteiger partial charge is 0.465 e. The molecule has 7 heteroatoms. The molecule has 0 saturated heterocycles. The summed E-state index contributed by atoms with van der Waals surface area (Å²) in [6.07, 6.45) is 2.03. The number of methoxy groups -OCH3 is 1. The number of halogens is 1. The van der Waals surface area contributed by atoms with Gasteiger partial charge in [0.2, 0.25) is 0 Å². The minimum Gasteiger partial charge on any atom is -0.465 e. The Bertz CT molecular complexity index is 903. The molecule has 0 bridgehead atoms. The number of nitrogens with zero attached hydrogens (tertiary/aromatic N) is 1. The molecular weight excluding hydrogens is 366 g/mol. The Kier molecular flexibility index (Phi) is 7.41. The number of ether oxygens (including phenoxy) is 1. The Morgan fingerprint density at radius 1 is 1.22 bits per heavy atom. The third-order valence-corrected chi connectivity index (χ3v) is 3.87. The lowest BCUT2D eigenvalue weighted by Crippen LogP contribution is -2.19. The Hall–Kier alpha value is -3.30. The van der Waals surface area contributed by atoms with Gasteiger partial charge in [-0.25, -0.2) is 4.79 Å². The number of carbonyl (C=O) groups excluding carboxylic acids is 2. The minimum absolute atomic E-state index is 0.110. The first kappa shape index (κ1) is 20.0. The zero-order valence-corrected chi connectivity index (χ0v) is 15.4. The highest BCUT2D eigenvalue weighted by atomic mass is 35.5. The fourth-order valence-electron chi connectivity index (χ4n) is 2.30. The third kappa shape index (κ3) is 5.87. The first-order valence-electron chi connectivity index (χ1n) is 8.12. The maximum absolute atomic E-state index is 12.3. The number of nitriles is 1. The van der Waals surface area contributed by atoms with Crippen molar-refractivity contribution < 1.29 is 14.3 Å². The number of nitrogens with one attached hydrogen (secondary N) is 2. The van der Waals surface area contributed by atoms with Gasteiger partial charge in [0.25, 0.3) is 5.91 Å². The normalized spacial score (nSPS) is 10.6. The van der Waals surface area contributed by atoms with E-state index in [1.165, 1.54) is 19.4 Å². The van der Waals surface area contributed by atoms with E-state index in [4.69, 9.17) is 11.6 Å². The predicted octanol–water partition coefficient (Wildman–Crippen LogP) is 3.30. The van der Waals surface area contributed by atoms with Crippen molar-refractivity contribution in [2.45, 2.75) is 6.42 Å². The van der Waals surface area contributed by atoms with Crippen molar-refractivity contribution >= 4 is 29.2 Å². The molecule has 0 unspecified atom stereocenters. The number of anilines is 1. The molecule has 2 rings (SSSR count). The van der Waals surface area contributed by atoms with Crippen LogP contribution in [0.4, 0.5) is 5.69 Å². The SMILES string of the molecule is COC(=O)c1ccccc1NC(=O)/C(C#N)=C\NCCc1cccc(Cl)c1. The van der Waals surface area contributed by atoms with Crippen LogP contribution in [0, 0.1) is 11.3 Å². The number of esters is 1. The molecule has 2 N–H and O–H groups in total. The van der Waals surface area contributed by atoms with E-state index in [2.05, 4.69) is 15.4 Å². The van der Waals surface area contributed by atoms with Crippen LogP contribution >= 0.6 is 11.6 Å². The van der Waals surface area contributed by atoms with E-state index >= 15 is 0 Å². The number of hydrogen-bond acceptors (Lipinski definition) is 5. The van der Waals surface area contributed by atoms with Crippen LogP contribution in [0.15, 0.2) is 60.3 Å². The number of para-hydroxylation sites is 1. The topological polar surface area (TPSA) is 91.2 Å². The summed E-state index contributed by atoms with van der Waals surface area (Å²) < 4.78 is 4.68. The minimum atomic E-state index is -0.621. The lowest BCUT2D eigenvalue weighted by molar-refractivity contribution is -0.112. The molecule has 2 aromatic carbocycles. The van der Waals surface area contributed by atoms with E-state index in [0.717, 1.165) is 5.56 Å². The predicted molar refractivity (Wildman–Crippen MR) is 103 cm³/mol. The highest BCUT2D eigenvalue weighted by Crippen LogP contribution is 2.17. The molecule has 1 amide bonds. The molecule has 0 aliphatic heterocycles. The van der Waals surface area contributed by atoms with Crippen molar-refractivity contribution in [3.05, 3.63) is 76.5 Å². The van der Waals surface area contributed by atoms with Crippen LogP contribution in [0.2, 0.25) is 5.02 Å². The van der Waals surface area contributed by atoms with Crippen LogP contribution in [0.1, 0.15) is 15.9 Å². The Morgan fingerprint density at radius 3 is 2.70 bits per heavy atom. The molecule has 0 atom stereocenters. The molecule has 0 aromatic heterocycles. The molecule has 0 saturated carbocycles. The number of benzene rings is 2. The highest BCUT2D eigenvalue weighted by molar-refractivity contribution is 6.30. The zero-order chi connectivity index (χ0) is 19.6.